The van der Waals surface area contributed by atoms with Gasteiger partial charge >= 0.3 is 5.97 Å². The number of hydrogen-bond donors (Lipinski definition) is 6. The van der Waals surface area contributed by atoms with Gasteiger partial charge in [0.25, 0.3) is 0 Å². The summed E-state index contributed by atoms with van der Waals surface area (Å²) in [5.74, 6) is -0.182. The Morgan fingerprint density at radius 3 is 1.23 bits per heavy atom. The Morgan fingerprint density at radius 1 is 0.462 bits per heavy atom. The molecule has 7 unspecified atom stereocenters. The van der Waals surface area contributed by atoms with Gasteiger partial charge in [0, 0.05) is 12.8 Å². The molecule has 6 N–H and O–H groups in total. The first-order valence-electron chi connectivity index (χ1n) is 33.6. The Hall–Kier alpha value is -1.86. The number of aliphatic hydroxyl groups excluding tert-OH is 5. The normalized spacial score (nSPS) is 18.6. The summed E-state index contributed by atoms with van der Waals surface area (Å²) < 4.78 is 16.7. The van der Waals surface area contributed by atoms with E-state index in [4.69, 9.17) is 14.2 Å². The Bertz CT molecular complexity index is 1350. The van der Waals surface area contributed by atoms with E-state index in [2.05, 4.69) is 31.3 Å². The van der Waals surface area contributed by atoms with Gasteiger partial charge in [-0.3, -0.25) is 9.59 Å². The van der Waals surface area contributed by atoms with Crippen LogP contribution in [-0.4, -0.2) is 100 Å². The van der Waals surface area contributed by atoms with E-state index in [-0.39, 0.29) is 18.5 Å². The van der Waals surface area contributed by atoms with Crippen molar-refractivity contribution in [2.75, 3.05) is 19.8 Å². The number of carbonyl (C=O) groups excluding carboxylic acids is 2. The zero-order valence-electron chi connectivity index (χ0n) is 50.9. The molecule has 1 heterocycles. The highest BCUT2D eigenvalue weighted by Crippen LogP contribution is 2.23. The maximum Gasteiger partial charge on any atom is 0.305 e. The van der Waals surface area contributed by atoms with Gasteiger partial charge in [-0.15, -0.1) is 0 Å². The van der Waals surface area contributed by atoms with Gasteiger partial charge in [0.15, 0.2) is 6.29 Å². The summed E-state index contributed by atoms with van der Waals surface area (Å²) in [4.78, 5) is 25.1. The van der Waals surface area contributed by atoms with Crippen molar-refractivity contribution < 1.29 is 49.3 Å². The van der Waals surface area contributed by atoms with Crippen LogP contribution in [0, 0.1) is 0 Å². The lowest BCUT2D eigenvalue weighted by atomic mass is 9.99. The van der Waals surface area contributed by atoms with Crippen molar-refractivity contribution in [2.45, 2.75) is 371 Å². The first-order valence-corrected chi connectivity index (χ1v) is 33.6. The zero-order chi connectivity index (χ0) is 56.6. The SMILES string of the molecule is CCCCCCCCC/C=C/C(O)C(COC1OC(CO)C(O)C(O)C1O)NC(=O)CCCCCCCCCC/C=C\CCCCCCCCCCCCCCOC(=O)CCCCCCCCCCCCCCCCCCC. The summed E-state index contributed by atoms with van der Waals surface area (Å²) >= 11 is 0. The molecular formula is C67H127NO10. The second kappa shape index (κ2) is 57.0. The molecule has 1 aliphatic heterocycles. The van der Waals surface area contributed by atoms with E-state index in [0.29, 0.717) is 19.4 Å². The van der Waals surface area contributed by atoms with Gasteiger partial charge in [-0.05, 0) is 57.8 Å². The molecule has 0 saturated carbocycles. The molecule has 11 nitrogen and oxygen atoms in total. The van der Waals surface area contributed by atoms with Crippen molar-refractivity contribution in [1.29, 1.82) is 0 Å². The van der Waals surface area contributed by atoms with Crippen molar-refractivity contribution >= 4 is 11.9 Å². The highest BCUT2D eigenvalue weighted by atomic mass is 16.7. The van der Waals surface area contributed by atoms with Crippen LogP contribution in [0.2, 0.25) is 0 Å². The molecule has 0 aliphatic carbocycles. The van der Waals surface area contributed by atoms with E-state index in [1.54, 1.807) is 6.08 Å². The third kappa shape index (κ3) is 45.7. The summed E-state index contributed by atoms with van der Waals surface area (Å²) in [7, 11) is 0. The van der Waals surface area contributed by atoms with Crippen molar-refractivity contribution in [1.82, 2.24) is 5.32 Å². The van der Waals surface area contributed by atoms with Crippen LogP contribution in [0.5, 0.6) is 0 Å². The first kappa shape index (κ1) is 74.2. The van der Waals surface area contributed by atoms with Crippen LogP contribution in [0.1, 0.15) is 328 Å². The van der Waals surface area contributed by atoms with Gasteiger partial charge in [-0.1, -0.05) is 282 Å². The van der Waals surface area contributed by atoms with Crippen LogP contribution in [0.25, 0.3) is 0 Å². The summed E-state index contributed by atoms with van der Waals surface area (Å²) in [6, 6.07) is -0.811. The van der Waals surface area contributed by atoms with Crippen LogP contribution in [0.15, 0.2) is 24.3 Å². The Morgan fingerprint density at radius 2 is 0.821 bits per heavy atom. The van der Waals surface area contributed by atoms with E-state index >= 15 is 0 Å². The highest BCUT2D eigenvalue weighted by molar-refractivity contribution is 5.76. The maximum absolute atomic E-state index is 13.0. The second-order valence-corrected chi connectivity index (χ2v) is 23.5. The molecule has 460 valence electrons. The van der Waals surface area contributed by atoms with Gasteiger partial charge in [0.2, 0.25) is 5.91 Å². The Kier molecular flexibility index (Phi) is 54.2. The maximum atomic E-state index is 13.0. The van der Waals surface area contributed by atoms with E-state index < -0.39 is 49.5 Å². The molecule has 1 saturated heterocycles. The molecule has 1 aliphatic rings. The fraction of sp³-hybridized carbons (Fsp3) is 0.910. The highest BCUT2D eigenvalue weighted by Gasteiger charge is 2.44. The van der Waals surface area contributed by atoms with E-state index in [1.165, 1.54) is 238 Å². The number of ether oxygens (including phenoxy) is 3. The van der Waals surface area contributed by atoms with Gasteiger partial charge in [0.1, 0.15) is 24.4 Å². The molecule has 0 aromatic heterocycles. The van der Waals surface area contributed by atoms with Crippen molar-refractivity contribution in [3.05, 3.63) is 24.3 Å². The molecule has 0 spiro atoms. The predicted octanol–water partition coefficient (Wildman–Crippen LogP) is 16.5. The van der Waals surface area contributed by atoms with Crippen LogP contribution >= 0.6 is 0 Å². The molecule has 7 atom stereocenters. The van der Waals surface area contributed by atoms with Crippen LogP contribution in [-0.2, 0) is 23.8 Å². The van der Waals surface area contributed by atoms with E-state index in [9.17, 15) is 35.1 Å². The van der Waals surface area contributed by atoms with Crippen LogP contribution in [0.4, 0.5) is 0 Å². The fourth-order valence-corrected chi connectivity index (χ4v) is 10.7. The average Bonchev–Trinajstić information content (AvgIpc) is 3.44. The van der Waals surface area contributed by atoms with Crippen molar-refractivity contribution in [3.63, 3.8) is 0 Å². The molecule has 0 aromatic carbocycles. The quantitative estimate of drug-likeness (QED) is 0.0195. The van der Waals surface area contributed by atoms with Gasteiger partial charge in [0.05, 0.1) is 32.0 Å². The lowest BCUT2D eigenvalue weighted by molar-refractivity contribution is -0.302. The smallest absolute Gasteiger partial charge is 0.305 e. The number of nitrogens with one attached hydrogen (secondary N) is 1. The van der Waals surface area contributed by atoms with E-state index in [1.807, 2.05) is 6.08 Å². The molecular weight excluding hydrogens is 979 g/mol. The Balaban J connectivity index is 1.95. The molecule has 0 radical (unpaired) electrons. The number of esters is 1. The minimum absolute atomic E-state index is 0.00570. The van der Waals surface area contributed by atoms with Crippen LogP contribution < -0.4 is 5.32 Å². The van der Waals surface area contributed by atoms with Crippen molar-refractivity contribution in [3.8, 4) is 0 Å². The molecule has 1 amide bonds. The Labute approximate surface area is 480 Å². The van der Waals surface area contributed by atoms with Gasteiger partial charge in [-0.2, -0.15) is 0 Å². The summed E-state index contributed by atoms with van der Waals surface area (Å²) in [6.45, 7) is 4.34. The number of rotatable bonds is 59. The molecule has 1 fully saturated rings. The lowest BCUT2D eigenvalue weighted by Crippen LogP contribution is -2.60. The lowest BCUT2D eigenvalue weighted by Gasteiger charge is -2.40. The molecule has 0 aromatic rings. The fourth-order valence-electron chi connectivity index (χ4n) is 10.7. The zero-order valence-corrected chi connectivity index (χ0v) is 50.9. The molecule has 0 bridgehead atoms. The number of allylic oxidation sites excluding steroid dienone is 3. The largest absolute Gasteiger partial charge is 0.466 e. The topological polar surface area (TPSA) is 175 Å². The summed E-state index contributed by atoms with van der Waals surface area (Å²) in [5, 5.41) is 54.2. The number of aliphatic hydroxyl groups is 5. The molecule has 78 heavy (non-hydrogen) atoms. The van der Waals surface area contributed by atoms with Gasteiger partial charge < -0.3 is 45.1 Å². The number of amides is 1. The van der Waals surface area contributed by atoms with E-state index in [0.717, 1.165) is 64.2 Å². The molecule has 1 rings (SSSR count). The average molecular weight is 1110 g/mol. The number of carbonyl (C=O) groups is 2. The third-order valence-electron chi connectivity index (χ3n) is 16.1. The summed E-state index contributed by atoms with van der Waals surface area (Å²) in [5.41, 5.74) is 0. The minimum Gasteiger partial charge on any atom is -0.466 e. The second-order valence-electron chi connectivity index (χ2n) is 23.5. The predicted molar refractivity (Wildman–Crippen MR) is 324 cm³/mol. The van der Waals surface area contributed by atoms with Crippen LogP contribution in [0.3, 0.4) is 0 Å². The standard InChI is InChI=1S/C67H127NO10/c1-3-5-7-9-11-13-14-15-16-25-29-32-35-39-43-47-51-55-63(72)76-56-52-48-44-40-36-33-30-27-24-22-20-18-17-19-21-23-26-28-31-34-38-42-46-50-54-62(71)68-59(60(70)53-49-45-41-37-12-10-8-6-4-2)58-77-67-66(75)65(74)64(73)61(57-69)78-67/h19,21,49,53,59-61,64-67,69-70,73-75H,3-18,20,22-48,50-52,54-58H2,1-2H3,(H,68,71)/b21-19-,53-49+. The molecule has 11 heteroatoms. The third-order valence-corrected chi connectivity index (χ3v) is 16.1. The minimum atomic E-state index is -1.57. The summed E-state index contributed by atoms with van der Waals surface area (Å²) in [6.07, 6.45) is 60.3. The monoisotopic (exact) mass is 1110 g/mol. The number of unbranched alkanes of at least 4 members (excludes halogenated alkanes) is 43. The van der Waals surface area contributed by atoms with Gasteiger partial charge in [-0.25, -0.2) is 0 Å². The first-order chi connectivity index (χ1) is 38.2. The number of hydrogen-bond acceptors (Lipinski definition) is 10. The van der Waals surface area contributed by atoms with Crippen molar-refractivity contribution in [2.24, 2.45) is 0 Å².